The Hall–Kier alpha value is 0.0538. The highest BCUT2D eigenvalue weighted by molar-refractivity contribution is 6.82. The van der Waals surface area contributed by atoms with Crippen LogP contribution in [0.5, 0.6) is 0 Å². The van der Waals surface area contributed by atoms with E-state index in [-0.39, 0.29) is 0 Å². The first-order valence-corrected chi connectivity index (χ1v) is 9.04. The molecule has 1 atom stereocenters. The van der Waals surface area contributed by atoms with E-state index >= 15 is 0 Å². The summed E-state index contributed by atoms with van der Waals surface area (Å²) in [6.45, 7) is 9.63. The van der Waals surface area contributed by atoms with Gasteiger partial charge in [-0.05, 0) is 19.6 Å². The van der Waals surface area contributed by atoms with Crippen LogP contribution in [0, 0.1) is 0 Å². The Morgan fingerprint density at radius 3 is 1.83 bits per heavy atom. The summed E-state index contributed by atoms with van der Waals surface area (Å²) in [5.41, 5.74) is 1.76. The lowest BCUT2D eigenvalue weighted by molar-refractivity contribution is 0.255. The summed E-state index contributed by atoms with van der Waals surface area (Å²) < 4.78 is 16.3. The zero-order valence-electron chi connectivity index (χ0n) is 8.51. The van der Waals surface area contributed by atoms with Gasteiger partial charge in [-0.2, -0.15) is 0 Å². The second-order valence-electron chi connectivity index (χ2n) is 3.13. The van der Waals surface area contributed by atoms with Gasteiger partial charge in [-0.3, -0.25) is 0 Å². The molecule has 0 saturated carbocycles. The molecule has 0 aliphatic carbocycles. The van der Waals surface area contributed by atoms with Crippen molar-refractivity contribution in [2.24, 2.45) is 0 Å². The third-order valence-electron chi connectivity index (χ3n) is 1.72. The molecule has 0 radical (unpaired) electrons. The predicted octanol–water partition coefficient (Wildman–Crippen LogP) is 1.79. The van der Waals surface area contributed by atoms with Crippen molar-refractivity contribution in [2.45, 2.75) is 19.6 Å². The molecule has 0 saturated heterocycles. The first-order chi connectivity index (χ1) is 5.39. The van der Waals surface area contributed by atoms with E-state index in [2.05, 4.69) is 6.58 Å². The van der Waals surface area contributed by atoms with Crippen molar-refractivity contribution in [3.8, 4) is 0 Å². The van der Waals surface area contributed by atoms with Crippen molar-refractivity contribution in [1.29, 1.82) is 0 Å². The third kappa shape index (κ3) is 3.64. The number of hydrogen-bond acceptors (Lipinski definition) is 3. The number of hydrogen-bond donors (Lipinski definition) is 0. The van der Waals surface area contributed by atoms with Crippen molar-refractivity contribution in [2.75, 3.05) is 14.2 Å². The molecular weight excluding hydrogens is 188 g/mol. The summed E-state index contributed by atoms with van der Waals surface area (Å²) in [4.78, 5) is 0. The van der Waals surface area contributed by atoms with Crippen molar-refractivity contribution in [3.05, 3.63) is 12.3 Å². The largest absolute Gasteiger partial charge is 0.412 e. The van der Waals surface area contributed by atoms with Crippen molar-refractivity contribution in [1.82, 2.24) is 0 Å². The Bertz CT molecular complexity index is 161. The molecule has 72 valence electrons. The molecule has 0 rings (SSSR count). The maximum Gasteiger partial charge on any atom is 0.352 e. The molecule has 0 aliphatic heterocycles. The first-order valence-electron chi connectivity index (χ1n) is 3.83. The second-order valence-corrected chi connectivity index (χ2v) is 10.0. The van der Waals surface area contributed by atoms with E-state index in [9.17, 15) is 0 Å². The van der Waals surface area contributed by atoms with Crippen LogP contribution in [0.4, 0.5) is 0 Å². The van der Waals surface area contributed by atoms with Crippen LogP contribution < -0.4 is 0 Å². The molecule has 0 aromatic carbocycles. The zero-order valence-corrected chi connectivity index (χ0v) is 10.5. The topological polar surface area (TPSA) is 27.7 Å². The summed E-state index contributed by atoms with van der Waals surface area (Å²) in [5, 5.41) is 0. The van der Waals surface area contributed by atoms with E-state index in [4.69, 9.17) is 13.0 Å². The van der Waals surface area contributed by atoms with Crippen LogP contribution in [0.1, 0.15) is 0 Å². The zero-order chi connectivity index (χ0) is 9.83. The van der Waals surface area contributed by atoms with E-state index < -0.39 is 17.1 Å². The minimum atomic E-state index is -2.15. The molecule has 0 N–H and O–H groups in total. The van der Waals surface area contributed by atoms with Crippen LogP contribution in [-0.4, -0.2) is 31.3 Å². The summed E-state index contributed by atoms with van der Waals surface area (Å²) in [5.74, 6) is 0. The molecule has 0 aromatic heterocycles. The first kappa shape index (κ1) is 12.1. The fourth-order valence-electron chi connectivity index (χ4n) is 0.696. The minimum Gasteiger partial charge on any atom is -0.412 e. The predicted molar refractivity (Wildman–Crippen MR) is 54.4 cm³/mol. The molecule has 1 unspecified atom stereocenters. The lowest BCUT2D eigenvalue weighted by Crippen LogP contribution is -2.48. The van der Waals surface area contributed by atoms with Gasteiger partial charge in [0.15, 0.2) is 0 Å². The fraction of sp³-hybridized carbons (Fsp3) is 0.714. The van der Waals surface area contributed by atoms with Gasteiger partial charge in [-0.15, -0.1) is 6.58 Å². The van der Waals surface area contributed by atoms with Gasteiger partial charge in [0.05, 0.1) is 0 Å². The monoisotopic (exact) mass is 206 g/mol. The Balaban J connectivity index is 4.29. The molecule has 0 amide bonds. The van der Waals surface area contributed by atoms with Gasteiger partial charge in [0.25, 0.3) is 0 Å². The van der Waals surface area contributed by atoms with Gasteiger partial charge in [0.2, 0.25) is 0 Å². The summed E-state index contributed by atoms with van der Waals surface area (Å²) in [6, 6.07) is 0. The average Bonchev–Trinajstić information content (AvgIpc) is 2.04. The van der Waals surface area contributed by atoms with Gasteiger partial charge in [-0.25, -0.2) is 0 Å². The van der Waals surface area contributed by atoms with E-state index in [0.717, 1.165) is 0 Å². The van der Waals surface area contributed by atoms with E-state index in [0.29, 0.717) is 0 Å². The van der Waals surface area contributed by atoms with Crippen molar-refractivity contribution in [3.63, 3.8) is 0 Å². The quantitative estimate of drug-likeness (QED) is 0.642. The fourth-order valence-corrected chi connectivity index (χ4v) is 5.77. The molecule has 0 aromatic rings. The molecule has 0 heterocycles. The molecule has 0 bridgehead atoms. The summed E-state index contributed by atoms with van der Waals surface area (Å²) in [6.07, 6.45) is 0. The van der Waals surface area contributed by atoms with E-state index in [1.165, 1.54) is 0 Å². The molecule has 0 fully saturated rings. The number of rotatable bonds is 5. The highest BCUT2D eigenvalue weighted by Gasteiger charge is 2.36. The highest BCUT2D eigenvalue weighted by Crippen LogP contribution is 2.15. The van der Waals surface area contributed by atoms with Crippen molar-refractivity contribution < 1.29 is 13.0 Å². The van der Waals surface area contributed by atoms with Gasteiger partial charge < -0.3 is 13.0 Å². The van der Waals surface area contributed by atoms with Gasteiger partial charge >= 0.3 is 17.1 Å². The van der Waals surface area contributed by atoms with Crippen LogP contribution in [0.15, 0.2) is 12.3 Å². The van der Waals surface area contributed by atoms with Crippen molar-refractivity contribution >= 4 is 17.1 Å². The van der Waals surface area contributed by atoms with E-state index in [1.54, 1.807) is 19.9 Å². The van der Waals surface area contributed by atoms with Crippen LogP contribution in [0.3, 0.4) is 0 Å². The third-order valence-corrected chi connectivity index (χ3v) is 7.84. The van der Waals surface area contributed by atoms with E-state index in [1.807, 2.05) is 19.6 Å². The molecule has 0 aliphatic rings. The summed E-state index contributed by atoms with van der Waals surface area (Å²) >= 11 is 0. The minimum absolute atomic E-state index is 1.65. The normalized spacial score (nSPS) is 17.1. The standard InChI is InChI=1S/C7H18O3Si2/c1-7-12(6,9-3)10-11(4,5)8-2/h7H,1H2,2-6H3. The Labute approximate surface area is 76.8 Å². The van der Waals surface area contributed by atoms with Crippen LogP contribution >= 0.6 is 0 Å². The smallest absolute Gasteiger partial charge is 0.352 e. The molecule has 0 spiro atoms. The maximum absolute atomic E-state index is 5.79. The molecule has 3 nitrogen and oxygen atoms in total. The molecular formula is C7H18O3Si2. The van der Waals surface area contributed by atoms with Gasteiger partial charge in [-0.1, -0.05) is 5.70 Å². The Morgan fingerprint density at radius 2 is 1.58 bits per heavy atom. The Kier molecular flexibility index (Phi) is 4.35. The second kappa shape index (κ2) is 4.34. The van der Waals surface area contributed by atoms with Gasteiger partial charge in [0.1, 0.15) is 0 Å². The average molecular weight is 206 g/mol. The van der Waals surface area contributed by atoms with Crippen LogP contribution in [0.25, 0.3) is 0 Å². The molecule has 5 heteroatoms. The molecule has 12 heavy (non-hydrogen) atoms. The van der Waals surface area contributed by atoms with Crippen LogP contribution in [0.2, 0.25) is 19.6 Å². The lowest BCUT2D eigenvalue weighted by Gasteiger charge is -2.30. The lowest BCUT2D eigenvalue weighted by atomic mass is 11.3. The summed E-state index contributed by atoms with van der Waals surface area (Å²) in [7, 11) is -0.829. The van der Waals surface area contributed by atoms with Crippen LogP contribution in [-0.2, 0) is 13.0 Å². The SMILES string of the molecule is C=C[Si](C)(OC)O[Si](C)(C)OC. The van der Waals surface area contributed by atoms with Gasteiger partial charge in [0, 0.05) is 14.2 Å². The highest BCUT2D eigenvalue weighted by atomic mass is 28.5. The maximum atomic E-state index is 5.79. The Morgan fingerprint density at radius 1 is 1.08 bits per heavy atom.